The van der Waals surface area contributed by atoms with Crippen LogP contribution in [0.1, 0.15) is 15.9 Å². The van der Waals surface area contributed by atoms with Gasteiger partial charge in [-0.3, -0.25) is 14.9 Å². The first-order chi connectivity index (χ1) is 12.3. The number of carbonyl (C=O) groups excluding carboxylic acids is 2. The highest BCUT2D eigenvalue weighted by Gasteiger charge is 2.13. The summed E-state index contributed by atoms with van der Waals surface area (Å²) in [5.41, 5.74) is 2.18. The standard InChI is InChI=1S/C18H19N3O5/c1-12-10-15(21(24)25)8-9-16(12)19-17(22)11-26-18(23)13-4-6-14(7-5-13)20(2)3/h4-10H,11H2,1-3H3,(H,19,22). The summed E-state index contributed by atoms with van der Waals surface area (Å²) >= 11 is 0. The predicted molar refractivity (Wildman–Crippen MR) is 97.5 cm³/mol. The molecule has 0 bridgehead atoms. The minimum Gasteiger partial charge on any atom is -0.452 e. The Kier molecular flexibility index (Phi) is 5.90. The fraction of sp³-hybridized carbons (Fsp3) is 0.222. The maximum absolute atomic E-state index is 12.0. The molecule has 0 aliphatic heterocycles. The number of nitro benzene ring substituents is 1. The maximum Gasteiger partial charge on any atom is 0.338 e. The van der Waals surface area contributed by atoms with E-state index in [2.05, 4.69) is 5.32 Å². The molecule has 0 aliphatic carbocycles. The summed E-state index contributed by atoms with van der Waals surface area (Å²) in [4.78, 5) is 36.0. The van der Waals surface area contributed by atoms with Crippen molar-refractivity contribution in [3.05, 3.63) is 63.7 Å². The van der Waals surface area contributed by atoms with Crippen LogP contribution in [-0.4, -0.2) is 37.5 Å². The molecule has 0 fully saturated rings. The molecule has 0 aliphatic rings. The first kappa shape index (κ1) is 18.9. The molecule has 8 nitrogen and oxygen atoms in total. The molecule has 0 heterocycles. The Morgan fingerprint density at radius 3 is 2.35 bits per heavy atom. The molecule has 0 unspecified atom stereocenters. The van der Waals surface area contributed by atoms with Gasteiger partial charge in [0.15, 0.2) is 6.61 Å². The molecular weight excluding hydrogens is 338 g/mol. The first-order valence-electron chi connectivity index (χ1n) is 7.77. The van der Waals surface area contributed by atoms with E-state index in [0.29, 0.717) is 16.8 Å². The molecule has 26 heavy (non-hydrogen) atoms. The average molecular weight is 357 g/mol. The lowest BCUT2D eigenvalue weighted by Gasteiger charge is -2.12. The van der Waals surface area contributed by atoms with Gasteiger partial charge in [0.2, 0.25) is 0 Å². The molecule has 136 valence electrons. The van der Waals surface area contributed by atoms with E-state index < -0.39 is 23.4 Å². The summed E-state index contributed by atoms with van der Waals surface area (Å²) in [5, 5.41) is 13.3. The molecule has 0 aromatic heterocycles. The zero-order chi connectivity index (χ0) is 19.3. The summed E-state index contributed by atoms with van der Waals surface area (Å²) in [6, 6.07) is 10.9. The topological polar surface area (TPSA) is 102 Å². The van der Waals surface area contributed by atoms with Crippen LogP contribution in [0.3, 0.4) is 0 Å². The van der Waals surface area contributed by atoms with Gasteiger partial charge in [-0.1, -0.05) is 0 Å². The van der Waals surface area contributed by atoms with Crippen molar-refractivity contribution in [2.24, 2.45) is 0 Å². The number of hydrogen-bond donors (Lipinski definition) is 1. The normalized spacial score (nSPS) is 10.1. The van der Waals surface area contributed by atoms with Crippen molar-refractivity contribution in [1.82, 2.24) is 0 Å². The third kappa shape index (κ3) is 4.79. The number of nitrogens with zero attached hydrogens (tertiary/aromatic N) is 2. The van der Waals surface area contributed by atoms with E-state index in [4.69, 9.17) is 4.74 Å². The zero-order valence-electron chi connectivity index (χ0n) is 14.7. The van der Waals surface area contributed by atoms with Gasteiger partial charge in [0.25, 0.3) is 11.6 Å². The van der Waals surface area contributed by atoms with Crippen LogP contribution in [0.15, 0.2) is 42.5 Å². The van der Waals surface area contributed by atoms with Crippen molar-refractivity contribution in [1.29, 1.82) is 0 Å². The SMILES string of the molecule is Cc1cc([N+](=O)[O-])ccc1NC(=O)COC(=O)c1ccc(N(C)C)cc1. The van der Waals surface area contributed by atoms with Crippen LogP contribution in [0.2, 0.25) is 0 Å². The number of hydrogen-bond acceptors (Lipinski definition) is 6. The quantitative estimate of drug-likeness (QED) is 0.484. The van der Waals surface area contributed by atoms with E-state index in [-0.39, 0.29) is 5.69 Å². The highest BCUT2D eigenvalue weighted by Crippen LogP contribution is 2.21. The van der Waals surface area contributed by atoms with Gasteiger partial charge in [-0.2, -0.15) is 0 Å². The maximum atomic E-state index is 12.0. The lowest BCUT2D eigenvalue weighted by atomic mass is 10.2. The summed E-state index contributed by atoms with van der Waals surface area (Å²) in [7, 11) is 3.77. The van der Waals surface area contributed by atoms with Crippen molar-refractivity contribution in [3.8, 4) is 0 Å². The van der Waals surface area contributed by atoms with Gasteiger partial charge in [0.1, 0.15) is 0 Å². The average Bonchev–Trinajstić information content (AvgIpc) is 2.61. The third-order valence-electron chi connectivity index (χ3n) is 3.65. The summed E-state index contributed by atoms with van der Waals surface area (Å²) in [6.07, 6.45) is 0. The molecule has 1 amide bonds. The van der Waals surface area contributed by atoms with Crippen LogP contribution in [0.4, 0.5) is 17.1 Å². The van der Waals surface area contributed by atoms with Crippen LogP contribution < -0.4 is 10.2 Å². The minimum absolute atomic E-state index is 0.0619. The predicted octanol–water partition coefficient (Wildman–Crippen LogP) is 2.76. The van der Waals surface area contributed by atoms with Crippen LogP contribution >= 0.6 is 0 Å². The molecule has 2 rings (SSSR count). The largest absolute Gasteiger partial charge is 0.452 e. The van der Waals surface area contributed by atoms with Gasteiger partial charge < -0.3 is 15.0 Å². The van der Waals surface area contributed by atoms with E-state index in [9.17, 15) is 19.7 Å². The Labute approximate surface area is 150 Å². The number of nitro groups is 1. The number of ether oxygens (including phenoxy) is 1. The van der Waals surface area contributed by atoms with E-state index in [0.717, 1.165) is 5.69 Å². The Balaban J connectivity index is 1.92. The second-order valence-electron chi connectivity index (χ2n) is 5.82. The lowest BCUT2D eigenvalue weighted by Crippen LogP contribution is -2.21. The van der Waals surface area contributed by atoms with Gasteiger partial charge in [0.05, 0.1) is 10.5 Å². The number of nitrogens with one attached hydrogen (secondary N) is 1. The van der Waals surface area contributed by atoms with Gasteiger partial charge in [-0.25, -0.2) is 4.79 Å². The molecule has 0 spiro atoms. The number of benzene rings is 2. The van der Waals surface area contributed by atoms with Crippen molar-refractivity contribution in [2.75, 3.05) is 30.9 Å². The highest BCUT2D eigenvalue weighted by atomic mass is 16.6. The fourth-order valence-electron chi connectivity index (χ4n) is 2.20. The molecule has 0 saturated carbocycles. The molecule has 0 saturated heterocycles. The second kappa shape index (κ2) is 8.11. The molecule has 0 radical (unpaired) electrons. The van der Waals surface area contributed by atoms with Crippen molar-refractivity contribution < 1.29 is 19.2 Å². The highest BCUT2D eigenvalue weighted by molar-refractivity contribution is 5.96. The van der Waals surface area contributed by atoms with E-state index in [1.807, 2.05) is 19.0 Å². The third-order valence-corrected chi connectivity index (χ3v) is 3.65. The molecule has 1 N–H and O–H groups in total. The van der Waals surface area contributed by atoms with Gasteiger partial charge in [-0.05, 0) is 42.8 Å². The zero-order valence-corrected chi connectivity index (χ0v) is 14.7. The first-order valence-corrected chi connectivity index (χ1v) is 7.77. The number of aryl methyl sites for hydroxylation is 1. The number of esters is 1. The molecular formula is C18H19N3O5. The molecule has 2 aromatic carbocycles. The molecule has 2 aromatic rings. The lowest BCUT2D eigenvalue weighted by molar-refractivity contribution is -0.384. The van der Waals surface area contributed by atoms with Gasteiger partial charge >= 0.3 is 5.97 Å². The summed E-state index contributed by atoms with van der Waals surface area (Å²) < 4.78 is 4.99. The van der Waals surface area contributed by atoms with E-state index >= 15 is 0 Å². The van der Waals surface area contributed by atoms with E-state index in [1.165, 1.54) is 18.2 Å². The Morgan fingerprint density at radius 2 is 1.81 bits per heavy atom. The fourth-order valence-corrected chi connectivity index (χ4v) is 2.20. The smallest absolute Gasteiger partial charge is 0.338 e. The number of anilines is 2. The summed E-state index contributed by atoms with van der Waals surface area (Å²) in [5.74, 6) is -1.13. The Morgan fingerprint density at radius 1 is 1.15 bits per heavy atom. The number of non-ortho nitro benzene ring substituents is 1. The second-order valence-corrected chi connectivity index (χ2v) is 5.82. The van der Waals surface area contributed by atoms with Crippen molar-refractivity contribution in [3.63, 3.8) is 0 Å². The molecule has 8 heteroatoms. The van der Waals surface area contributed by atoms with Gasteiger partial charge in [0, 0.05) is 37.6 Å². The van der Waals surface area contributed by atoms with Crippen LogP contribution in [0.25, 0.3) is 0 Å². The van der Waals surface area contributed by atoms with E-state index in [1.54, 1.807) is 31.2 Å². The van der Waals surface area contributed by atoms with Gasteiger partial charge in [-0.15, -0.1) is 0 Å². The summed E-state index contributed by atoms with van der Waals surface area (Å²) in [6.45, 7) is 1.19. The van der Waals surface area contributed by atoms with Crippen LogP contribution in [0.5, 0.6) is 0 Å². The number of rotatable bonds is 6. The molecule has 0 atom stereocenters. The number of carbonyl (C=O) groups is 2. The Bertz CT molecular complexity index is 831. The van der Waals surface area contributed by atoms with Crippen molar-refractivity contribution in [2.45, 2.75) is 6.92 Å². The van der Waals surface area contributed by atoms with Crippen molar-refractivity contribution >= 4 is 28.9 Å². The Hall–Kier alpha value is -3.42. The van der Waals surface area contributed by atoms with Crippen LogP contribution in [0, 0.1) is 17.0 Å². The minimum atomic E-state index is -0.606. The van der Waals surface area contributed by atoms with Crippen LogP contribution in [-0.2, 0) is 9.53 Å². The monoisotopic (exact) mass is 357 g/mol. The number of amides is 1.